The van der Waals surface area contributed by atoms with Crippen LogP contribution < -0.4 is 0 Å². The van der Waals surface area contributed by atoms with Gasteiger partial charge < -0.3 is 14.4 Å². The van der Waals surface area contributed by atoms with Gasteiger partial charge in [0.2, 0.25) is 0 Å². The minimum Gasteiger partial charge on any atom is -0.466 e. The van der Waals surface area contributed by atoms with Gasteiger partial charge in [-0.15, -0.1) is 0 Å². The Hall–Kier alpha value is -2.30. The third-order valence-corrected chi connectivity index (χ3v) is 5.14. The summed E-state index contributed by atoms with van der Waals surface area (Å²) in [7, 11) is 0. The van der Waals surface area contributed by atoms with E-state index in [0.29, 0.717) is 19.6 Å². The van der Waals surface area contributed by atoms with Crippen molar-refractivity contribution < 1.29 is 19.1 Å². The number of rotatable bonds is 5. The van der Waals surface area contributed by atoms with Crippen molar-refractivity contribution in [2.75, 3.05) is 6.61 Å². The van der Waals surface area contributed by atoms with Gasteiger partial charge in [-0.2, -0.15) is 0 Å². The molecule has 26 heavy (non-hydrogen) atoms. The normalized spacial score (nSPS) is 21.9. The lowest BCUT2D eigenvalue weighted by atomic mass is 9.81. The fraction of sp³-hybridized carbons (Fsp3) is 0.524. The van der Waals surface area contributed by atoms with Crippen molar-refractivity contribution in [3.63, 3.8) is 0 Å². The van der Waals surface area contributed by atoms with Crippen LogP contribution >= 0.6 is 0 Å². The lowest BCUT2D eigenvalue weighted by Gasteiger charge is -2.46. The summed E-state index contributed by atoms with van der Waals surface area (Å²) in [5, 5.41) is 0. The monoisotopic (exact) mass is 357 g/mol. The van der Waals surface area contributed by atoms with Crippen LogP contribution in [0.2, 0.25) is 0 Å². The number of esters is 1. The van der Waals surface area contributed by atoms with Crippen LogP contribution in [0, 0.1) is 0 Å². The van der Waals surface area contributed by atoms with Crippen molar-refractivity contribution in [2.45, 2.75) is 64.1 Å². The van der Waals surface area contributed by atoms with Crippen molar-refractivity contribution in [2.24, 2.45) is 0 Å². The van der Waals surface area contributed by atoms with Gasteiger partial charge in [0.15, 0.2) is 0 Å². The predicted octanol–water partition coefficient (Wildman–Crippen LogP) is 4.22. The van der Waals surface area contributed by atoms with E-state index in [1.165, 1.54) is 5.57 Å². The molecule has 0 radical (unpaired) electrons. The Balaban J connectivity index is 1.58. The van der Waals surface area contributed by atoms with Gasteiger partial charge in [0.1, 0.15) is 6.61 Å². The summed E-state index contributed by atoms with van der Waals surface area (Å²) in [4.78, 5) is 26.2. The first-order chi connectivity index (χ1) is 12.7. The maximum absolute atomic E-state index is 12.7. The highest BCUT2D eigenvalue weighted by Crippen LogP contribution is 2.37. The first-order valence-corrected chi connectivity index (χ1v) is 9.50. The molecule has 2 heterocycles. The quantitative estimate of drug-likeness (QED) is 0.585. The van der Waals surface area contributed by atoms with Crippen molar-refractivity contribution in [3.8, 4) is 0 Å². The summed E-state index contributed by atoms with van der Waals surface area (Å²) in [5.74, 6) is -0.185. The Kier molecular flexibility index (Phi) is 6.31. The van der Waals surface area contributed by atoms with Crippen LogP contribution in [0.25, 0.3) is 0 Å². The maximum atomic E-state index is 12.7. The van der Waals surface area contributed by atoms with Gasteiger partial charge in [-0.3, -0.25) is 4.79 Å². The predicted molar refractivity (Wildman–Crippen MR) is 98.5 cm³/mol. The van der Waals surface area contributed by atoms with Crippen molar-refractivity contribution in [1.29, 1.82) is 0 Å². The summed E-state index contributed by atoms with van der Waals surface area (Å²) in [6.45, 7) is 2.53. The number of carbonyl (C=O) groups excluding carboxylic acids is 2. The average molecular weight is 357 g/mol. The second-order valence-corrected chi connectivity index (χ2v) is 6.97. The minimum absolute atomic E-state index is 0.180. The van der Waals surface area contributed by atoms with Crippen LogP contribution in [0.3, 0.4) is 0 Å². The summed E-state index contributed by atoms with van der Waals surface area (Å²) < 4.78 is 10.6. The summed E-state index contributed by atoms with van der Waals surface area (Å²) in [6, 6.07) is 10.1. The number of benzene rings is 1. The van der Waals surface area contributed by atoms with E-state index in [1.807, 2.05) is 48.2 Å². The molecule has 0 aliphatic carbocycles. The van der Waals surface area contributed by atoms with Crippen molar-refractivity contribution >= 4 is 12.1 Å². The molecule has 5 heteroatoms. The number of nitrogens with zero attached hydrogens (tertiary/aromatic N) is 1. The third-order valence-electron chi connectivity index (χ3n) is 5.14. The molecule has 5 nitrogen and oxygen atoms in total. The van der Waals surface area contributed by atoms with E-state index in [4.69, 9.17) is 9.47 Å². The van der Waals surface area contributed by atoms with E-state index in [1.54, 1.807) is 0 Å². The molecule has 0 N–H and O–H groups in total. The molecule has 1 amide bonds. The van der Waals surface area contributed by atoms with Crippen LogP contribution in [0.5, 0.6) is 0 Å². The summed E-state index contributed by atoms with van der Waals surface area (Å²) in [5.41, 5.74) is 2.26. The Bertz CT molecular complexity index is 639. The second kappa shape index (κ2) is 8.88. The van der Waals surface area contributed by atoms with Gasteiger partial charge in [-0.25, -0.2) is 4.79 Å². The molecule has 1 aromatic rings. The standard InChI is InChI=1S/C21H27NO4/c1-2-25-20(23)12-11-17-13-18-9-6-10-19(14-17)22(18)21(24)26-15-16-7-4-3-5-8-16/h3-5,7-8,11,18-19H,2,6,9-10,12-15H2,1H3. The van der Waals surface area contributed by atoms with E-state index in [-0.39, 0.29) is 24.1 Å². The fourth-order valence-electron chi connectivity index (χ4n) is 3.96. The van der Waals surface area contributed by atoms with Gasteiger partial charge in [0.05, 0.1) is 13.0 Å². The highest BCUT2D eigenvalue weighted by atomic mass is 16.6. The Morgan fingerprint density at radius 1 is 1.12 bits per heavy atom. The molecule has 0 saturated carbocycles. The van der Waals surface area contributed by atoms with Crippen molar-refractivity contribution in [3.05, 3.63) is 47.5 Å². The molecule has 140 valence electrons. The molecule has 0 spiro atoms. The first kappa shape index (κ1) is 18.5. The zero-order chi connectivity index (χ0) is 18.4. The van der Waals surface area contributed by atoms with Crippen LogP contribution in [0.15, 0.2) is 42.0 Å². The van der Waals surface area contributed by atoms with Crippen LogP contribution in [-0.2, 0) is 20.9 Å². The third kappa shape index (κ3) is 4.65. The number of carbonyl (C=O) groups is 2. The molecule has 3 rings (SSSR count). The van der Waals surface area contributed by atoms with Crippen LogP contribution in [0.1, 0.15) is 51.0 Å². The molecule has 1 aromatic carbocycles. The molecule has 2 saturated heterocycles. The highest BCUT2D eigenvalue weighted by Gasteiger charge is 2.39. The number of hydrogen-bond acceptors (Lipinski definition) is 4. The summed E-state index contributed by atoms with van der Waals surface area (Å²) in [6.07, 6.45) is 6.89. The van der Waals surface area contributed by atoms with E-state index in [2.05, 4.69) is 0 Å². The molecular formula is C21H27NO4. The van der Waals surface area contributed by atoms with E-state index < -0.39 is 0 Å². The van der Waals surface area contributed by atoms with E-state index in [0.717, 1.165) is 37.7 Å². The Morgan fingerprint density at radius 2 is 1.81 bits per heavy atom. The minimum atomic E-state index is -0.215. The second-order valence-electron chi connectivity index (χ2n) is 6.97. The lowest BCUT2D eigenvalue weighted by molar-refractivity contribution is -0.142. The fourth-order valence-corrected chi connectivity index (χ4v) is 3.96. The number of hydrogen-bond donors (Lipinski definition) is 0. The smallest absolute Gasteiger partial charge is 0.410 e. The molecule has 2 atom stereocenters. The molecule has 2 aliphatic heterocycles. The largest absolute Gasteiger partial charge is 0.466 e. The van der Waals surface area contributed by atoms with Gasteiger partial charge in [-0.1, -0.05) is 42.0 Å². The topological polar surface area (TPSA) is 55.8 Å². The molecular weight excluding hydrogens is 330 g/mol. The van der Waals surface area contributed by atoms with Gasteiger partial charge in [0, 0.05) is 12.1 Å². The summed E-state index contributed by atoms with van der Waals surface area (Å²) >= 11 is 0. The molecule has 0 aromatic heterocycles. The molecule has 2 fully saturated rings. The Morgan fingerprint density at radius 3 is 2.46 bits per heavy atom. The van der Waals surface area contributed by atoms with Gasteiger partial charge >= 0.3 is 12.1 Å². The van der Waals surface area contributed by atoms with Gasteiger partial charge in [0.25, 0.3) is 0 Å². The lowest BCUT2D eigenvalue weighted by Crippen LogP contribution is -2.53. The Labute approximate surface area is 155 Å². The maximum Gasteiger partial charge on any atom is 0.410 e. The average Bonchev–Trinajstić information content (AvgIpc) is 2.65. The SMILES string of the molecule is CCOC(=O)CC=C1CC2CCCC(C1)N2C(=O)OCc1ccccc1. The molecule has 2 bridgehead atoms. The molecule has 2 aliphatic rings. The van der Waals surface area contributed by atoms with Gasteiger partial charge in [-0.05, 0) is 44.6 Å². The number of ether oxygens (including phenoxy) is 2. The van der Waals surface area contributed by atoms with E-state index in [9.17, 15) is 9.59 Å². The highest BCUT2D eigenvalue weighted by molar-refractivity contribution is 5.71. The number of fused-ring (bicyclic) bond motifs is 2. The van der Waals surface area contributed by atoms with Crippen LogP contribution in [-0.4, -0.2) is 35.7 Å². The zero-order valence-electron chi connectivity index (χ0n) is 15.4. The zero-order valence-corrected chi connectivity index (χ0v) is 15.4. The van der Waals surface area contributed by atoms with Crippen molar-refractivity contribution in [1.82, 2.24) is 4.90 Å². The number of amides is 1. The first-order valence-electron chi connectivity index (χ1n) is 9.50. The number of piperidine rings is 2. The van der Waals surface area contributed by atoms with Crippen LogP contribution in [0.4, 0.5) is 4.79 Å². The molecule has 2 unspecified atom stereocenters. The van der Waals surface area contributed by atoms with E-state index >= 15 is 0 Å².